The first-order valence-corrected chi connectivity index (χ1v) is 7.66. The Labute approximate surface area is 127 Å². The van der Waals surface area contributed by atoms with Gasteiger partial charge in [-0.15, -0.1) is 0 Å². The smallest absolute Gasteiger partial charge is 0.130 e. The number of nitrogens with zero attached hydrogens (tertiary/aromatic N) is 1. The Morgan fingerprint density at radius 1 is 1.25 bits per heavy atom. The summed E-state index contributed by atoms with van der Waals surface area (Å²) in [7, 11) is 0. The second-order valence-electron chi connectivity index (χ2n) is 6.02. The second kappa shape index (κ2) is 5.68. The zero-order chi connectivity index (χ0) is 14.9. The van der Waals surface area contributed by atoms with Gasteiger partial charge in [0.1, 0.15) is 11.6 Å². The maximum Gasteiger partial charge on any atom is 0.130 e. The van der Waals surface area contributed by atoms with Gasteiger partial charge in [0.05, 0.1) is 5.52 Å². The van der Waals surface area contributed by atoms with Crippen molar-refractivity contribution in [1.29, 1.82) is 0 Å². The Kier molecular flexibility index (Phi) is 4.33. The number of aromatic nitrogens is 1. The summed E-state index contributed by atoms with van der Waals surface area (Å²) in [6.45, 7) is 9.42. The zero-order valence-corrected chi connectivity index (χ0v) is 13.9. The van der Waals surface area contributed by atoms with Gasteiger partial charge in [0.15, 0.2) is 0 Å². The second-order valence-corrected chi connectivity index (χ2v) is 6.87. The standard InChI is InChI=1S/C16H20BrFN2/c1-5-6-19-15-12(16(2,3)4)8-10-7-11(18)9-13(17)14(10)20-15/h7-9H,5-6H2,1-4H3,(H,19,20). The molecule has 0 atom stereocenters. The van der Waals surface area contributed by atoms with Gasteiger partial charge in [-0.1, -0.05) is 27.7 Å². The van der Waals surface area contributed by atoms with Crippen molar-refractivity contribution in [2.45, 2.75) is 39.5 Å². The molecule has 0 bridgehead atoms. The number of benzene rings is 1. The number of halogens is 2. The van der Waals surface area contributed by atoms with Gasteiger partial charge in [-0.3, -0.25) is 0 Å². The highest BCUT2D eigenvalue weighted by Gasteiger charge is 2.20. The maximum atomic E-state index is 13.6. The largest absolute Gasteiger partial charge is 0.370 e. The molecule has 108 valence electrons. The minimum Gasteiger partial charge on any atom is -0.370 e. The fourth-order valence-electron chi connectivity index (χ4n) is 2.16. The van der Waals surface area contributed by atoms with Crippen molar-refractivity contribution in [3.05, 3.63) is 34.1 Å². The van der Waals surface area contributed by atoms with E-state index in [0.717, 1.165) is 35.2 Å². The average molecular weight is 339 g/mol. The first-order valence-electron chi connectivity index (χ1n) is 6.87. The molecule has 2 aromatic rings. The third-order valence-corrected chi connectivity index (χ3v) is 3.79. The summed E-state index contributed by atoms with van der Waals surface area (Å²) >= 11 is 3.39. The Hall–Kier alpha value is -1.16. The molecule has 0 saturated carbocycles. The number of nitrogens with one attached hydrogen (secondary N) is 1. The SMILES string of the molecule is CCCNc1nc2c(Br)cc(F)cc2cc1C(C)(C)C. The highest BCUT2D eigenvalue weighted by Crippen LogP contribution is 2.33. The Morgan fingerprint density at radius 3 is 2.55 bits per heavy atom. The van der Waals surface area contributed by atoms with Crippen LogP contribution in [0.1, 0.15) is 39.7 Å². The van der Waals surface area contributed by atoms with Crippen molar-refractivity contribution in [1.82, 2.24) is 4.98 Å². The lowest BCUT2D eigenvalue weighted by Gasteiger charge is -2.23. The quantitative estimate of drug-likeness (QED) is 0.825. The monoisotopic (exact) mass is 338 g/mol. The van der Waals surface area contributed by atoms with Crippen molar-refractivity contribution in [2.24, 2.45) is 0 Å². The number of hydrogen-bond donors (Lipinski definition) is 1. The number of rotatable bonds is 3. The molecule has 0 aliphatic rings. The lowest BCUT2D eigenvalue weighted by molar-refractivity contribution is 0.590. The molecule has 0 fully saturated rings. The zero-order valence-electron chi connectivity index (χ0n) is 12.3. The van der Waals surface area contributed by atoms with Crippen LogP contribution in [-0.2, 0) is 5.41 Å². The molecule has 2 rings (SSSR count). The molecule has 4 heteroatoms. The van der Waals surface area contributed by atoms with Gasteiger partial charge in [0, 0.05) is 22.0 Å². The molecule has 1 aromatic heterocycles. The summed E-state index contributed by atoms with van der Waals surface area (Å²) < 4.78 is 14.2. The van der Waals surface area contributed by atoms with Gasteiger partial charge in [0.25, 0.3) is 0 Å². The molecule has 1 heterocycles. The van der Waals surface area contributed by atoms with Crippen LogP contribution in [0.4, 0.5) is 10.2 Å². The van der Waals surface area contributed by atoms with Crippen LogP contribution >= 0.6 is 15.9 Å². The Morgan fingerprint density at radius 2 is 1.95 bits per heavy atom. The van der Waals surface area contributed by atoms with Gasteiger partial charge in [-0.05, 0) is 46.0 Å². The van der Waals surface area contributed by atoms with Crippen LogP contribution < -0.4 is 5.32 Å². The molecule has 0 unspecified atom stereocenters. The van der Waals surface area contributed by atoms with Gasteiger partial charge in [-0.25, -0.2) is 9.37 Å². The van der Waals surface area contributed by atoms with E-state index in [0.29, 0.717) is 4.47 Å². The Balaban J connectivity index is 2.68. The van der Waals surface area contributed by atoms with Crippen molar-refractivity contribution < 1.29 is 4.39 Å². The van der Waals surface area contributed by atoms with Crippen molar-refractivity contribution in [3.8, 4) is 0 Å². The minimum atomic E-state index is -0.250. The van der Waals surface area contributed by atoms with Crippen molar-refractivity contribution in [3.63, 3.8) is 0 Å². The van der Waals surface area contributed by atoms with Crippen LogP contribution in [0.15, 0.2) is 22.7 Å². The summed E-state index contributed by atoms with van der Waals surface area (Å²) in [5.74, 6) is 0.638. The highest BCUT2D eigenvalue weighted by molar-refractivity contribution is 9.10. The minimum absolute atomic E-state index is 0.0456. The number of fused-ring (bicyclic) bond motifs is 1. The topological polar surface area (TPSA) is 24.9 Å². The molecule has 1 N–H and O–H groups in total. The normalized spacial score (nSPS) is 11.9. The first-order chi connectivity index (χ1) is 9.32. The molecule has 1 aromatic carbocycles. The first kappa shape index (κ1) is 15.2. The predicted molar refractivity (Wildman–Crippen MR) is 86.9 cm³/mol. The molecular weight excluding hydrogens is 319 g/mol. The summed E-state index contributed by atoms with van der Waals surface area (Å²) in [6.07, 6.45) is 1.04. The molecular formula is C16H20BrFN2. The predicted octanol–water partition coefficient (Wildman–Crippen LogP) is 5.26. The van der Waals surface area contributed by atoms with E-state index in [-0.39, 0.29) is 11.2 Å². The summed E-state index contributed by atoms with van der Waals surface area (Å²) in [5.41, 5.74) is 1.85. The average Bonchev–Trinajstić information content (AvgIpc) is 2.34. The van der Waals surface area contributed by atoms with E-state index in [1.165, 1.54) is 12.1 Å². The van der Waals surface area contributed by atoms with Crippen LogP contribution in [-0.4, -0.2) is 11.5 Å². The Bertz CT molecular complexity index is 632. The van der Waals surface area contributed by atoms with Crippen LogP contribution in [0.2, 0.25) is 0 Å². The van der Waals surface area contributed by atoms with Crippen LogP contribution in [0.3, 0.4) is 0 Å². The third-order valence-electron chi connectivity index (χ3n) is 3.19. The molecule has 0 amide bonds. The van der Waals surface area contributed by atoms with Crippen molar-refractivity contribution >= 4 is 32.7 Å². The fourth-order valence-corrected chi connectivity index (χ4v) is 2.70. The molecule has 2 nitrogen and oxygen atoms in total. The number of pyridine rings is 1. The maximum absolute atomic E-state index is 13.6. The highest BCUT2D eigenvalue weighted by atomic mass is 79.9. The van der Waals surface area contributed by atoms with Crippen LogP contribution in [0.25, 0.3) is 10.9 Å². The van der Waals surface area contributed by atoms with E-state index in [9.17, 15) is 4.39 Å². The summed E-state index contributed by atoms with van der Waals surface area (Å²) in [5, 5.41) is 4.20. The van der Waals surface area contributed by atoms with E-state index < -0.39 is 0 Å². The molecule has 0 saturated heterocycles. The summed E-state index contributed by atoms with van der Waals surface area (Å²) in [4.78, 5) is 4.70. The fraction of sp³-hybridized carbons (Fsp3) is 0.438. The molecule has 0 aliphatic heterocycles. The molecule has 20 heavy (non-hydrogen) atoms. The van der Waals surface area contributed by atoms with E-state index in [1.54, 1.807) is 0 Å². The van der Waals surface area contributed by atoms with Gasteiger partial charge in [0.2, 0.25) is 0 Å². The molecule has 0 radical (unpaired) electrons. The van der Waals surface area contributed by atoms with Crippen LogP contribution in [0, 0.1) is 5.82 Å². The van der Waals surface area contributed by atoms with Gasteiger partial charge < -0.3 is 5.32 Å². The van der Waals surface area contributed by atoms with E-state index in [1.807, 2.05) is 6.07 Å². The number of anilines is 1. The van der Waals surface area contributed by atoms with E-state index in [2.05, 4.69) is 48.9 Å². The van der Waals surface area contributed by atoms with Gasteiger partial charge in [-0.2, -0.15) is 0 Å². The lowest BCUT2D eigenvalue weighted by Crippen LogP contribution is -2.16. The molecule has 0 aliphatic carbocycles. The lowest BCUT2D eigenvalue weighted by atomic mass is 9.86. The van der Waals surface area contributed by atoms with E-state index >= 15 is 0 Å². The van der Waals surface area contributed by atoms with E-state index in [4.69, 9.17) is 4.98 Å². The van der Waals surface area contributed by atoms with Gasteiger partial charge >= 0.3 is 0 Å². The molecule has 0 spiro atoms. The number of hydrogen-bond acceptors (Lipinski definition) is 2. The third kappa shape index (κ3) is 3.11. The summed E-state index contributed by atoms with van der Waals surface area (Å²) in [6, 6.07) is 5.02. The van der Waals surface area contributed by atoms with Crippen molar-refractivity contribution in [2.75, 3.05) is 11.9 Å². The van der Waals surface area contributed by atoms with Crippen LogP contribution in [0.5, 0.6) is 0 Å².